The van der Waals surface area contributed by atoms with Gasteiger partial charge in [0.25, 0.3) is 0 Å². The maximum Gasteiger partial charge on any atom is 0.170 e. The second-order valence-corrected chi connectivity index (χ2v) is 5.12. The SMILES string of the molecule is Cn1nc(C#N)c2ccc(NC3=NCc4cccnc43)cc21. The Bertz CT molecular complexity index is 960. The number of rotatable bonds is 1. The van der Waals surface area contributed by atoms with Crippen LogP contribution in [0.1, 0.15) is 17.0 Å². The Hall–Kier alpha value is -3.20. The Morgan fingerprint density at radius 3 is 3.09 bits per heavy atom. The smallest absolute Gasteiger partial charge is 0.170 e. The average molecular weight is 288 g/mol. The second kappa shape index (κ2) is 4.67. The van der Waals surface area contributed by atoms with Crippen LogP contribution < -0.4 is 5.32 Å². The van der Waals surface area contributed by atoms with Crippen molar-refractivity contribution in [2.75, 3.05) is 5.32 Å². The fourth-order valence-corrected chi connectivity index (χ4v) is 2.67. The van der Waals surface area contributed by atoms with Gasteiger partial charge in [0.05, 0.1) is 12.1 Å². The summed E-state index contributed by atoms with van der Waals surface area (Å²) in [5, 5.41) is 17.4. The molecule has 0 saturated heterocycles. The molecule has 0 atom stereocenters. The molecule has 0 bridgehead atoms. The number of fused-ring (bicyclic) bond motifs is 2. The summed E-state index contributed by atoms with van der Waals surface area (Å²) in [6, 6.07) is 11.9. The van der Waals surface area contributed by atoms with Crippen molar-refractivity contribution in [3.8, 4) is 6.07 Å². The number of nitrogens with zero attached hydrogens (tertiary/aromatic N) is 5. The number of nitriles is 1. The van der Waals surface area contributed by atoms with Crippen LogP contribution in [0.15, 0.2) is 41.5 Å². The molecule has 106 valence electrons. The van der Waals surface area contributed by atoms with E-state index in [1.165, 1.54) is 0 Å². The van der Waals surface area contributed by atoms with Crippen molar-refractivity contribution < 1.29 is 0 Å². The van der Waals surface area contributed by atoms with Crippen molar-refractivity contribution in [3.63, 3.8) is 0 Å². The normalized spacial score (nSPS) is 12.8. The predicted molar refractivity (Wildman–Crippen MR) is 83.5 cm³/mol. The molecule has 6 heteroatoms. The molecule has 1 aliphatic rings. The Balaban J connectivity index is 1.72. The Morgan fingerprint density at radius 1 is 1.32 bits per heavy atom. The summed E-state index contributed by atoms with van der Waals surface area (Å²) >= 11 is 0. The first kappa shape index (κ1) is 12.5. The molecule has 1 N–H and O–H groups in total. The number of aryl methyl sites for hydroxylation is 1. The summed E-state index contributed by atoms with van der Waals surface area (Å²) in [6.07, 6.45) is 1.77. The highest BCUT2D eigenvalue weighted by Crippen LogP contribution is 2.23. The van der Waals surface area contributed by atoms with Crippen molar-refractivity contribution in [2.24, 2.45) is 12.0 Å². The van der Waals surface area contributed by atoms with Crippen molar-refractivity contribution >= 4 is 22.4 Å². The molecular weight excluding hydrogens is 276 g/mol. The lowest BCUT2D eigenvalue weighted by Gasteiger charge is -2.07. The monoisotopic (exact) mass is 288 g/mol. The summed E-state index contributed by atoms with van der Waals surface area (Å²) in [4.78, 5) is 8.87. The summed E-state index contributed by atoms with van der Waals surface area (Å²) in [5.41, 5.74) is 4.26. The highest BCUT2D eigenvalue weighted by Gasteiger charge is 2.17. The number of aliphatic imine (C=N–C) groups is 1. The van der Waals surface area contributed by atoms with E-state index in [4.69, 9.17) is 5.26 Å². The quantitative estimate of drug-likeness (QED) is 0.744. The first-order valence-corrected chi connectivity index (χ1v) is 6.89. The molecule has 1 aromatic carbocycles. The van der Waals surface area contributed by atoms with E-state index in [2.05, 4.69) is 26.5 Å². The van der Waals surface area contributed by atoms with Gasteiger partial charge in [-0.05, 0) is 24.3 Å². The van der Waals surface area contributed by atoms with Crippen LogP contribution in [0.25, 0.3) is 10.9 Å². The Labute approximate surface area is 126 Å². The second-order valence-electron chi connectivity index (χ2n) is 5.12. The van der Waals surface area contributed by atoms with E-state index in [-0.39, 0.29) is 0 Å². The molecule has 4 rings (SSSR count). The zero-order chi connectivity index (χ0) is 15.1. The maximum absolute atomic E-state index is 9.09. The minimum Gasteiger partial charge on any atom is -0.339 e. The third-order valence-corrected chi connectivity index (χ3v) is 3.74. The van der Waals surface area contributed by atoms with Crippen molar-refractivity contribution in [2.45, 2.75) is 6.54 Å². The first-order chi connectivity index (χ1) is 10.8. The Morgan fingerprint density at radius 2 is 2.23 bits per heavy atom. The summed E-state index contributed by atoms with van der Waals surface area (Å²) in [5.74, 6) is 0.776. The fourth-order valence-electron chi connectivity index (χ4n) is 2.67. The molecule has 2 aromatic heterocycles. The molecule has 0 spiro atoms. The minimum atomic E-state index is 0.439. The molecule has 1 aliphatic heterocycles. The van der Waals surface area contributed by atoms with Crippen LogP contribution in [0.2, 0.25) is 0 Å². The van der Waals surface area contributed by atoms with Crippen molar-refractivity contribution in [3.05, 3.63) is 53.5 Å². The number of pyridine rings is 1. The molecule has 0 aliphatic carbocycles. The van der Waals surface area contributed by atoms with Gasteiger partial charge in [-0.2, -0.15) is 10.4 Å². The summed E-state index contributed by atoms with van der Waals surface area (Å²) < 4.78 is 1.71. The maximum atomic E-state index is 9.09. The van der Waals surface area contributed by atoms with E-state index in [1.54, 1.807) is 10.9 Å². The molecule has 0 saturated carbocycles. The van der Waals surface area contributed by atoms with Crippen LogP contribution in [-0.2, 0) is 13.6 Å². The number of nitrogens with one attached hydrogen (secondary N) is 1. The van der Waals surface area contributed by atoms with Crippen LogP contribution in [-0.4, -0.2) is 20.6 Å². The van der Waals surface area contributed by atoms with E-state index in [1.807, 2.05) is 37.4 Å². The molecule has 0 fully saturated rings. The van der Waals surface area contributed by atoms with Gasteiger partial charge in [-0.1, -0.05) is 6.07 Å². The molecule has 0 unspecified atom stereocenters. The topological polar surface area (TPSA) is 78.9 Å². The molecule has 3 heterocycles. The first-order valence-electron chi connectivity index (χ1n) is 6.89. The summed E-state index contributed by atoms with van der Waals surface area (Å²) in [6.45, 7) is 0.651. The number of aromatic nitrogens is 3. The number of amidine groups is 1. The van der Waals surface area contributed by atoms with Gasteiger partial charge < -0.3 is 5.32 Å². The molecule has 0 amide bonds. The van der Waals surface area contributed by atoms with Crippen LogP contribution in [0, 0.1) is 11.3 Å². The van der Waals surface area contributed by atoms with Gasteiger partial charge in [-0.15, -0.1) is 0 Å². The van der Waals surface area contributed by atoms with Gasteiger partial charge in [0.2, 0.25) is 0 Å². The number of benzene rings is 1. The van der Waals surface area contributed by atoms with Crippen LogP contribution in [0.5, 0.6) is 0 Å². The molecule has 0 radical (unpaired) electrons. The molecule has 22 heavy (non-hydrogen) atoms. The van der Waals surface area contributed by atoms with E-state index in [0.29, 0.717) is 12.2 Å². The number of hydrogen-bond acceptors (Lipinski definition) is 5. The zero-order valence-electron chi connectivity index (χ0n) is 11.9. The highest BCUT2D eigenvalue weighted by atomic mass is 15.3. The summed E-state index contributed by atoms with van der Waals surface area (Å²) in [7, 11) is 1.83. The van der Waals surface area contributed by atoms with Crippen LogP contribution in [0.4, 0.5) is 5.69 Å². The lowest BCUT2D eigenvalue weighted by atomic mass is 10.2. The van der Waals surface area contributed by atoms with Gasteiger partial charge in [0, 0.05) is 29.9 Å². The van der Waals surface area contributed by atoms with Gasteiger partial charge in [-0.3, -0.25) is 14.7 Å². The van der Waals surface area contributed by atoms with E-state index < -0.39 is 0 Å². The van der Waals surface area contributed by atoms with Crippen molar-refractivity contribution in [1.82, 2.24) is 14.8 Å². The van der Waals surface area contributed by atoms with E-state index in [0.717, 1.165) is 33.7 Å². The molecular formula is C16H12N6. The number of hydrogen-bond donors (Lipinski definition) is 1. The minimum absolute atomic E-state index is 0.439. The fraction of sp³-hybridized carbons (Fsp3) is 0.125. The van der Waals surface area contributed by atoms with Crippen molar-refractivity contribution in [1.29, 1.82) is 5.26 Å². The molecule has 6 nitrogen and oxygen atoms in total. The number of anilines is 1. The van der Waals surface area contributed by atoms with Gasteiger partial charge in [0.15, 0.2) is 11.5 Å². The predicted octanol–water partition coefficient (Wildman–Crippen LogP) is 2.21. The van der Waals surface area contributed by atoms with Gasteiger partial charge in [0.1, 0.15) is 11.8 Å². The highest BCUT2D eigenvalue weighted by molar-refractivity contribution is 6.09. The third-order valence-electron chi connectivity index (χ3n) is 3.74. The van der Waals surface area contributed by atoms with E-state index in [9.17, 15) is 0 Å². The van der Waals surface area contributed by atoms with Crippen LogP contribution >= 0.6 is 0 Å². The van der Waals surface area contributed by atoms with Crippen LogP contribution in [0.3, 0.4) is 0 Å². The standard InChI is InChI=1S/C16H12N6/c1-22-14-7-11(4-5-12(14)13(8-17)21-22)20-16-15-10(9-19-16)3-2-6-18-15/h2-7H,9H2,1H3,(H,19,20). The van der Waals surface area contributed by atoms with E-state index >= 15 is 0 Å². The third kappa shape index (κ3) is 1.84. The van der Waals surface area contributed by atoms with Gasteiger partial charge >= 0.3 is 0 Å². The largest absolute Gasteiger partial charge is 0.339 e. The molecule has 3 aromatic rings. The zero-order valence-corrected chi connectivity index (χ0v) is 11.9. The lowest BCUT2D eigenvalue weighted by molar-refractivity contribution is 0.791. The average Bonchev–Trinajstić information content (AvgIpc) is 3.09. The lowest BCUT2D eigenvalue weighted by Crippen LogP contribution is -2.13. The Kier molecular flexibility index (Phi) is 2.66. The van der Waals surface area contributed by atoms with Gasteiger partial charge in [-0.25, -0.2) is 0 Å².